The van der Waals surface area contributed by atoms with Gasteiger partial charge in [0.25, 0.3) is 0 Å². The number of nitrogens with one attached hydrogen (secondary N) is 1. The van der Waals surface area contributed by atoms with Crippen molar-refractivity contribution in [3.05, 3.63) is 62.0 Å². The lowest BCUT2D eigenvalue weighted by molar-refractivity contribution is 0.302. The molecule has 5 heteroatoms. The smallest absolute Gasteiger partial charge is 0.124 e. The SMILES string of the molecule is CC(C)CCNCc1cc(Br)ccc1OCc1ccc(Cl)cc1Cl. The molecule has 2 aromatic carbocycles. The molecule has 0 heterocycles. The molecule has 0 saturated heterocycles. The molecular formula is C19H22BrCl2NO. The van der Waals surface area contributed by atoms with E-state index in [-0.39, 0.29) is 0 Å². The van der Waals surface area contributed by atoms with Crippen LogP contribution in [0.2, 0.25) is 10.0 Å². The van der Waals surface area contributed by atoms with E-state index >= 15 is 0 Å². The van der Waals surface area contributed by atoms with Crippen molar-refractivity contribution >= 4 is 39.1 Å². The van der Waals surface area contributed by atoms with Gasteiger partial charge in [-0.15, -0.1) is 0 Å². The maximum Gasteiger partial charge on any atom is 0.124 e. The van der Waals surface area contributed by atoms with Crippen LogP contribution in [0, 0.1) is 5.92 Å². The highest BCUT2D eigenvalue weighted by Crippen LogP contribution is 2.26. The molecule has 0 atom stereocenters. The van der Waals surface area contributed by atoms with Gasteiger partial charge in [-0.05, 0) is 49.2 Å². The van der Waals surface area contributed by atoms with E-state index in [1.165, 1.54) is 0 Å². The predicted molar refractivity (Wildman–Crippen MR) is 106 cm³/mol. The first-order chi connectivity index (χ1) is 11.5. The lowest BCUT2D eigenvalue weighted by atomic mass is 10.1. The van der Waals surface area contributed by atoms with Crippen LogP contribution in [0.4, 0.5) is 0 Å². The molecule has 0 aliphatic rings. The molecule has 2 nitrogen and oxygen atoms in total. The Morgan fingerprint density at radius 3 is 2.58 bits per heavy atom. The van der Waals surface area contributed by atoms with Gasteiger partial charge in [0, 0.05) is 32.2 Å². The molecule has 0 unspecified atom stereocenters. The fourth-order valence-corrected chi connectivity index (χ4v) is 3.11. The zero-order valence-electron chi connectivity index (χ0n) is 13.9. The standard InChI is InChI=1S/C19H22BrCl2NO/c1-13(2)7-8-23-11-15-9-16(20)4-6-19(15)24-12-14-3-5-17(21)10-18(14)22/h3-6,9-10,13,23H,7-8,11-12H2,1-2H3. The summed E-state index contributed by atoms with van der Waals surface area (Å²) in [6.45, 7) is 6.63. The lowest BCUT2D eigenvalue weighted by Gasteiger charge is -2.14. The number of halogens is 3. The molecule has 0 aromatic heterocycles. The third kappa shape index (κ3) is 6.29. The second-order valence-electron chi connectivity index (χ2n) is 6.14. The molecule has 130 valence electrons. The Morgan fingerprint density at radius 1 is 1.08 bits per heavy atom. The Labute approximate surface area is 162 Å². The lowest BCUT2D eigenvalue weighted by Crippen LogP contribution is -2.17. The molecule has 2 aromatic rings. The molecule has 0 saturated carbocycles. The fourth-order valence-electron chi connectivity index (χ4n) is 2.24. The Balaban J connectivity index is 2.01. The van der Waals surface area contributed by atoms with Gasteiger partial charge in [-0.25, -0.2) is 0 Å². The molecule has 0 aliphatic heterocycles. The molecule has 0 bridgehead atoms. The molecular weight excluding hydrogens is 409 g/mol. The number of hydrogen-bond donors (Lipinski definition) is 1. The molecule has 0 fully saturated rings. The molecule has 0 radical (unpaired) electrons. The second-order valence-corrected chi connectivity index (χ2v) is 7.90. The summed E-state index contributed by atoms with van der Waals surface area (Å²) in [5, 5.41) is 4.72. The average molecular weight is 431 g/mol. The molecule has 0 amide bonds. The van der Waals surface area contributed by atoms with Crippen LogP contribution >= 0.6 is 39.1 Å². The van der Waals surface area contributed by atoms with Crippen molar-refractivity contribution in [3.63, 3.8) is 0 Å². The minimum atomic E-state index is 0.413. The van der Waals surface area contributed by atoms with Crippen LogP contribution in [0.3, 0.4) is 0 Å². The molecule has 24 heavy (non-hydrogen) atoms. The predicted octanol–water partition coefficient (Wildman–Crippen LogP) is 6.47. The zero-order chi connectivity index (χ0) is 17.5. The highest BCUT2D eigenvalue weighted by Gasteiger charge is 2.07. The molecule has 1 N–H and O–H groups in total. The van der Waals surface area contributed by atoms with E-state index in [0.717, 1.165) is 40.9 Å². The maximum atomic E-state index is 6.21. The van der Waals surface area contributed by atoms with Gasteiger partial charge in [0.2, 0.25) is 0 Å². The molecule has 2 rings (SSSR count). The van der Waals surface area contributed by atoms with Crippen molar-refractivity contribution in [2.24, 2.45) is 5.92 Å². The van der Waals surface area contributed by atoms with E-state index < -0.39 is 0 Å². The van der Waals surface area contributed by atoms with Crippen LogP contribution in [0.1, 0.15) is 31.4 Å². The average Bonchev–Trinajstić information content (AvgIpc) is 2.52. The van der Waals surface area contributed by atoms with Gasteiger partial charge in [-0.2, -0.15) is 0 Å². The van der Waals surface area contributed by atoms with Crippen LogP contribution in [-0.4, -0.2) is 6.54 Å². The van der Waals surface area contributed by atoms with Gasteiger partial charge in [-0.1, -0.05) is 59.0 Å². The van der Waals surface area contributed by atoms with Crippen molar-refractivity contribution in [2.45, 2.75) is 33.4 Å². The van der Waals surface area contributed by atoms with Crippen LogP contribution in [0.5, 0.6) is 5.75 Å². The van der Waals surface area contributed by atoms with E-state index in [1.54, 1.807) is 6.07 Å². The highest BCUT2D eigenvalue weighted by atomic mass is 79.9. The van der Waals surface area contributed by atoms with Crippen molar-refractivity contribution < 1.29 is 4.74 Å². The Kier molecular flexibility index (Phi) is 7.89. The van der Waals surface area contributed by atoms with Crippen LogP contribution < -0.4 is 10.1 Å². The summed E-state index contributed by atoms with van der Waals surface area (Å²) in [7, 11) is 0. The summed E-state index contributed by atoms with van der Waals surface area (Å²) in [5.74, 6) is 1.56. The first-order valence-corrected chi connectivity index (χ1v) is 9.56. The van der Waals surface area contributed by atoms with E-state index in [2.05, 4.69) is 41.2 Å². The summed E-state index contributed by atoms with van der Waals surface area (Å²) in [6.07, 6.45) is 1.16. The minimum absolute atomic E-state index is 0.413. The second kappa shape index (κ2) is 9.67. The number of rotatable bonds is 8. The molecule has 0 aliphatic carbocycles. The van der Waals surface area contributed by atoms with E-state index in [1.807, 2.05) is 24.3 Å². The third-order valence-electron chi connectivity index (χ3n) is 3.63. The van der Waals surface area contributed by atoms with E-state index in [9.17, 15) is 0 Å². The number of benzene rings is 2. The summed E-state index contributed by atoms with van der Waals surface area (Å²) < 4.78 is 7.03. The Morgan fingerprint density at radius 2 is 1.88 bits per heavy atom. The molecule has 0 spiro atoms. The van der Waals surface area contributed by atoms with Gasteiger partial charge >= 0.3 is 0 Å². The quantitative estimate of drug-likeness (QED) is 0.484. The number of ether oxygens (including phenoxy) is 1. The monoisotopic (exact) mass is 429 g/mol. The fraction of sp³-hybridized carbons (Fsp3) is 0.368. The van der Waals surface area contributed by atoms with E-state index in [4.69, 9.17) is 27.9 Å². The first-order valence-electron chi connectivity index (χ1n) is 8.01. The number of hydrogen-bond acceptors (Lipinski definition) is 2. The maximum absolute atomic E-state index is 6.21. The van der Waals surface area contributed by atoms with Crippen molar-refractivity contribution in [3.8, 4) is 5.75 Å². The van der Waals surface area contributed by atoms with E-state index in [0.29, 0.717) is 22.6 Å². The largest absolute Gasteiger partial charge is 0.489 e. The Bertz CT molecular complexity index is 676. The van der Waals surface area contributed by atoms with Gasteiger partial charge in [0.05, 0.1) is 0 Å². The van der Waals surface area contributed by atoms with Gasteiger partial charge in [0.15, 0.2) is 0 Å². The third-order valence-corrected chi connectivity index (χ3v) is 4.71. The first kappa shape index (κ1) is 19.6. The van der Waals surface area contributed by atoms with Crippen LogP contribution in [-0.2, 0) is 13.2 Å². The van der Waals surface area contributed by atoms with Crippen molar-refractivity contribution in [2.75, 3.05) is 6.54 Å². The zero-order valence-corrected chi connectivity index (χ0v) is 17.0. The van der Waals surface area contributed by atoms with Gasteiger partial charge in [-0.3, -0.25) is 0 Å². The van der Waals surface area contributed by atoms with Gasteiger partial charge < -0.3 is 10.1 Å². The van der Waals surface area contributed by atoms with Crippen LogP contribution in [0.25, 0.3) is 0 Å². The van der Waals surface area contributed by atoms with Crippen LogP contribution in [0.15, 0.2) is 40.9 Å². The Hall–Kier alpha value is -0.740. The topological polar surface area (TPSA) is 21.3 Å². The van der Waals surface area contributed by atoms with Gasteiger partial charge in [0.1, 0.15) is 12.4 Å². The van der Waals surface area contributed by atoms with Crippen molar-refractivity contribution in [1.29, 1.82) is 0 Å². The highest BCUT2D eigenvalue weighted by molar-refractivity contribution is 9.10. The normalized spacial score (nSPS) is 11.1. The summed E-state index contributed by atoms with van der Waals surface area (Å²) in [6, 6.07) is 11.5. The minimum Gasteiger partial charge on any atom is -0.489 e. The summed E-state index contributed by atoms with van der Waals surface area (Å²) in [4.78, 5) is 0. The summed E-state index contributed by atoms with van der Waals surface area (Å²) >= 11 is 15.7. The van der Waals surface area contributed by atoms with Crippen molar-refractivity contribution in [1.82, 2.24) is 5.32 Å². The summed E-state index contributed by atoms with van der Waals surface area (Å²) in [5.41, 5.74) is 2.04.